The van der Waals surface area contributed by atoms with Gasteiger partial charge in [0.15, 0.2) is 11.5 Å². The van der Waals surface area contributed by atoms with E-state index in [9.17, 15) is 4.79 Å². The van der Waals surface area contributed by atoms with Crippen LogP contribution in [0.1, 0.15) is 19.3 Å². The summed E-state index contributed by atoms with van der Waals surface area (Å²) in [6, 6.07) is 3.31. The van der Waals surface area contributed by atoms with Crippen LogP contribution in [0.25, 0.3) is 0 Å². The van der Waals surface area contributed by atoms with Crippen LogP contribution in [0.3, 0.4) is 0 Å². The van der Waals surface area contributed by atoms with Crippen molar-refractivity contribution in [3.05, 3.63) is 12.1 Å². The third-order valence-electron chi connectivity index (χ3n) is 3.56. The van der Waals surface area contributed by atoms with Gasteiger partial charge in [0.05, 0.1) is 27.4 Å². The van der Waals surface area contributed by atoms with Crippen LogP contribution >= 0.6 is 12.4 Å². The van der Waals surface area contributed by atoms with Gasteiger partial charge in [-0.05, 0) is 19.4 Å². The Bertz CT molecular complexity index is 479. The van der Waals surface area contributed by atoms with Gasteiger partial charge < -0.3 is 24.8 Å². The fourth-order valence-electron chi connectivity index (χ4n) is 2.46. The molecule has 124 valence electrons. The lowest BCUT2D eigenvalue weighted by Crippen LogP contribution is -2.43. The summed E-state index contributed by atoms with van der Waals surface area (Å²) in [6.07, 6.45) is 3.05. The normalized spacial score (nSPS) is 17.1. The van der Waals surface area contributed by atoms with Crippen molar-refractivity contribution in [1.82, 2.24) is 5.32 Å². The van der Waals surface area contributed by atoms with E-state index in [2.05, 4.69) is 10.6 Å². The first-order chi connectivity index (χ1) is 10.2. The molecule has 1 saturated heterocycles. The molecule has 1 amide bonds. The lowest BCUT2D eigenvalue weighted by atomic mass is 10.0. The van der Waals surface area contributed by atoms with Gasteiger partial charge in [-0.25, -0.2) is 0 Å². The minimum Gasteiger partial charge on any atom is -0.493 e. The molecule has 0 saturated carbocycles. The van der Waals surface area contributed by atoms with Crippen LogP contribution in [0.2, 0.25) is 0 Å². The molecule has 1 aromatic rings. The molecule has 0 unspecified atom stereocenters. The molecule has 1 fully saturated rings. The zero-order valence-corrected chi connectivity index (χ0v) is 13.9. The van der Waals surface area contributed by atoms with Gasteiger partial charge in [0.25, 0.3) is 0 Å². The molecular formula is C15H23ClN2O4. The molecule has 2 N–H and O–H groups in total. The standard InChI is InChI=1S/C15H22N2O4.ClH/c1-19-12-8-10(9-13(20-2)14(12)21-3)17-15(18)11-6-4-5-7-16-11;/h8-9,11,16H,4-7H2,1-3H3,(H,17,18);1H/t11-;/m0./s1. The molecule has 0 radical (unpaired) electrons. The fourth-order valence-corrected chi connectivity index (χ4v) is 2.46. The number of rotatable bonds is 5. The number of ether oxygens (including phenoxy) is 3. The molecule has 1 atom stereocenters. The highest BCUT2D eigenvalue weighted by Crippen LogP contribution is 2.39. The summed E-state index contributed by atoms with van der Waals surface area (Å²) in [5.74, 6) is 1.50. The molecule has 1 aliphatic heterocycles. The molecule has 0 spiro atoms. The van der Waals surface area contributed by atoms with Gasteiger partial charge in [0.1, 0.15) is 0 Å². The summed E-state index contributed by atoms with van der Waals surface area (Å²) in [7, 11) is 4.64. The van der Waals surface area contributed by atoms with Crippen LogP contribution in [-0.2, 0) is 4.79 Å². The van der Waals surface area contributed by atoms with Crippen molar-refractivity contribution in [2.45, 2.75) is 25.3 Å². The predicted octanol–water partition coefficient (Wildman–Crippen LogP) is 2.21. The number of carbonyl (C=O) groups excluding carboxylic acids is 1. The van der Waals surface area contributed by atoms with Gasteiger partial charge in [-0.3, -0.25) is 4.79 Å². The van der Waals surface area contributed by atoms with Crippen molar-refractivity contribution in [3.63, 3.8) is 0 Å². The van der Waals surface area contributed by atoms with E-state index in [-0.39, 0.29) is 24.4 Å². The molecule has 0 bridgehead atoms. The van der Waals surface area contributed by atoms with Crippen molar-refractivity contribution < 1.29 is 19.0 Å². The van der Waals surface area contributed by atoms with Crippen molar-refractivity contribution in [2.75, 3.05) is 33.2 Å². The smallest absolute Gasteiger partial charge is 0.241 e. The third kappa shape index (κ3) is 4.18. The van der Waals surface area contributed by atoms with Crippen LogP contribution < -0.4 is 24.8 Å². The van der Waals surface area contributed by atoms with Crippen molar-refractivity contribution >= 4 is 24.0 Å². The highest BCUT2D eigenvalue weighted by atomic mass is 35.5. The molecule has 7 heteroatoms. The van der Waals surface area contributed by atoms with Crippen molar-refractivity contribution in [2.24, 2.45) is 0 Å². The summed E-state index contributed by atoms with van der Waals surface area (Å²) in [6.45, 7) is 0.882. The molecular weight excluding hydrogens is 308 g/mol. The Morgan fingerprint density at radius 3 is 2.23 bits per heavy atom. The summed E-state index contributed by atoms with van der Waals surface area (Å²) in [5, 5.41) is 6.12. The summed E-state index contributed by atoms with van der Waals surface area (Å²) < 4.78 is 15.8. The average Bonchev–Trinajstić information content (AvgIpc) is 2.54. The van der Waals surface area contributed by atoms with Gasteiger partial charge in [0, 0.05) is 17.8 Å². The predicted molar refractivity (Wildman–Crippen MR) is 87.6 cm³/mol. The summed E-state index contributed by atoms with van der Waals surface area (Å²) in [4.78, 5) is 12.2. The number of piperidine rings is 1. The quantitative estimate of drug-likeness (QED) is 0.866. The Morgan fingerprint density at radius 2 is 1.77 bits per heavy atom. The second-order valence-corrected chi connectivity index (χ2v) is 4.91. The van der Waals surface area contributed by atoms with E-state index in [1.165, 1.54) is 0 Å². The van der Waals surface area contributed by atoms with Gasteiger partial charge in [-0.2, -0.15) is 0 Å². The summed E-state index contributed by atoms with van der Waals surface area (Å²) in [5.41, 5.74) is 0.627. The number of anilines is 1. The number of halogens is 1. The Labute approximate surface area is 136 Å². The maximum absolute atomic E-state index is 12.2. The SMILES string of the molecule is COc1cc(NC(=O)[C@@H]2CCCCN2)cc(OC)c1OC.Cl. The lowest BCUT2D eigenvalue weighted by molar-refractivity contribution is -0.118. The lowest BCUT2D eigenvalue weighted by Gasteiger charge is -2.23. The van der Waals surface area contributed by atoms with Crippen LogP contribution in [0, 0.1) is 0 Å². The second-order valence-electron chi connectivity index (χ2n) is 4.91. The molecule has 1 aliphatic rings. The zero-order chi connectivity index (χ0) is 15.2. The molecule has 2 rings (SSSR count). The van der Waals surface area contributed by atoms with E-state index in [4.69, 9.17) is 14.2 Å². The second kappa shape index (κ2) is 8.70. The van der Waals surface area contributed by atoms with Gasteiger partial charge >= 0.3 is 0 Å². The van der Waals surface area contributed by atoms with Gasteiger partial charge in [-0.15, -0.1) is 12.4 Å². The number of hydrogen-bond acceptors (Lipinski definition) is 5. The molecule has 1 heterocycles. The van der Waals surface area contributed by atoms with Gasteiger partial charge in [-0.1, -0.05) is 6.42 Å². The van der Waals surface area contributed by atoms with E-state index >= 15 is 0 Å². The Kier molecular flexibility index (Phi) is 7.27. The minimum absolute atomic E-state index is 0. The maximum Gasteiger partial charge on any atom is 0.241 e. The van der Waals surface area contributed by atoms with E-state index < -0.39 is 0 Å². The minimum atomic E-state index is -0.141. The Balaban J connectivity index is 0.00000242. The first-order valence-electron chi connectivity index (χ1n) is 7.04. The van der Waals surface area contributed by atoms with Gasteiger partial charge in [0.2, 0.25) is 11.7 Å². The molecule has 1 aromatic carbocycles. The monoisotopic (exact) mass is 330 g/mol. The number of carbonyl (C=O) groups is 1. The Morgan fingerprint density at radius 1 is 1.14 bits per heavy atom. The molecule has 22 heavy (non-hydrogen) atoms. The van der Waals surface area contributed by atoms with Crippen molar-refractivity contribution in [1.29, 1.82) is 0 Å². The maximum atomic E-state index is 12.2. The average molecular weight is 331 g/mol. The number of benzene rings is 1. The number of nitrogens with one attached hydrogen (secondary N) is 2. The van der Waals surface area contributed by atoms with Crippen LogP contribution in [-0.4, -0.2) is 39.8 Å². The van der Waals surface area contributed by atoms with E-state index in [1.807, 2.05) is 0 Å². The molecule has 0 aliphatic carbocycles. The number of hydrogen-bond donors (Lipinski definition) is 2. The topological polar surface area (TPSA) is 68.8 Å². The van der Waals surface area contributed by atoms with Crippen molar-refractivity contribution in [3.8, 4) is 17.2 Å². The molecule has 6 nitrogen and oxygen atoms in total. The highest BCUT2D eigenvalue weighted by molar-refractivity contribution is 5.95. The van der Waals surface area contributed by atoms with E-state index in [1.54, 1.807) is 33.5 Å². The van der Waals surface area contributed by atoms with Crippen LogP contribution in [0.15, 0.2) is 12.1 Å². The van der Waals surface area contributed by atoms with Crippen LogP contribution in [0.4, 0.5) is 5.69 Å². The largest absolute Gasteiger partial charge is 0.493 e. The van der Waals surface area contributed by atoms with E-state index in [0.29, 0.717) is 22.9 Å². The first kappa shape index (κ1) is 18.4. The Hall–Kier alpha value is -1.66. The number of amides is 1. The summed E-state index contributed by atoms with van der Waals surface area (Å²) >= 11 is 0. The highest BCUT2D eigenvalue weighted by Gasteiger charge is 2.21. The van der Waals surface area contributed by atoms with Crippen LogP contribution in [0.5, 0.6) is 17.2 Å². The first-order valence-corrected chi connectivity index (χ1v) is 7.04. The number of methoxy groups -OCH3 is 3. The fraction of sp³-hybridized carbons (Fsp3) is 0.533. The van der Waals surface area contributed by atoms with E-state index in [0.717, 1.165) is 25.8 Å². The molecule has 0 aromatic heterocycles. The third-order valence-corrected chi connectivity index (χ3v) is 3.56. The zero-order valence-electron chi connectivity index (χ0n) is 13.1.